The van der Waals surface area contributed by atoms with Crippen molar-refractivity contribution in [2.24, 2.45) is 0 Å². The van der Waals surface area contributed by atoms with E-state index in [1.807, 2.05) is 0 Å². The molecule has 0 amide bonds. The molecule has 104 valence electrons. The van der Waals surface area contributed by atoms with E-state index < -0.39 is 34.8 Å². The standard InChI is InChI=1S/C12H8F6O/c13-11(14,15)8-3-7(10(19)6-1-2-6)4-9(5-8)12(16,17)18/h3-5,19H,1-2H2. The number of rotatable bonds is 1. The highest BCUT2D eigenvalue weighted by Crippen LogP contribution is 2.40. The van der Waals surface area contributed by atoms with Gasteiger partial charge in [0.25, 0.3) is 0 Å². The molecule has 1 aromatic carbocycles. The molecule has 0 aromatic heterocycles. The molecule has 0 saturated heterocycles. The monoisotopic (exact) mass is 282 g/mol. The van der Waals surface area contributed by atoms with Gasteiger partial charge in [0.05, 0.1) is 11.1 Å². The molecule has 0 spiro atoms. The molecule has 1 aliphatic carbocycles. The Kier molecular flexibility index (Phi) is 3.03. The number of halogens is 6. The molecule has 0 heterocycles. The molecule has 2 rings (SSSR count). The van der Waals surface area contributed by atoms with Crippen molar-refractivity contribution in [3.8, 4) is 0 Å². The first-order valence-electron chi connectivity index (χ1n) is 5.30. The Hall–Kier alpha value is -1.66. The Morgan fingerprint density at radius 1 is 0.842 bits per heavy atom. The second kappa shape index (κ2) is 4.18. The minimum Gasteiger partial charge on any atom is -0.507 e. The van der Waals surface area contributed by atoms with Crippen LogP contribution in [-0.4, -0.2) is 5.11 Å². The Bertz CT molecular complexity index is 500. The molecule has 0 bridgehead atoms. The molecule has 0 unspecified atom stereocenters. The van der Waals surface area contributed by atoms with E-state index >= 15 is 0 Å². The van der Waals surface area contributed by atoms with Crippen LogP contribution in [-0.2, 0) is 12.4 Å². The van der Waals surface area contributed by atoms with Gasteiger partial charge in [-0.2, -0.15) is 26.3 Å². The Morgan fingerprint density at radius 2 is 1.26 bits per heavy atom. The van der Waals surface area contributed by atoms with Crippen molar-refractivity contribution in [3.05, 3.63) is 40.5 Å². The second-order valence-corrected chi connectivity index (χ2v) is 4.25. The van der Waals surface area contributed by atoms with Crippen LogP contribution in [0, 0.1) is 0 Å². The average Bonchev–Trinajstić information content (AvgIpc) is 3.09. The van der Waals surface area contributed by atoms with E-state index in [1.165, 1.54) is 0 Å². The molecule has 0 radical (unpaired) electrons. The number of hydrogen-bond donors (Lipinski definition) is 1. The van der Waals surface area contributed by atoms with E-state index in [4.69, 9.17) is 0 Å². The van der Waals surface area contributed by atoms with Crippen LogP contribution in [0.15, 0.2) is 23.8 Å². The summed E-state index contributed by atoms with van der Waals surface area (Å²) < 4.78 is 75.3. The van der Waals surface area contributed by atoms with Gasteiger partial charge < -0.3 is 5.11 Å². The summed E-state index contributed by atoms with van der Waals surface area (Å²) >= 11 is 0. The fraction of sp³-hybridized carbons (Fsp3) is 0.333. The maximum absolute atomic E-state index is 12.6. The highest BCUT2D eigenvalue weighted by molar-refractivity contribution is 5.66. The van der Waals surface area contributed by atoms with E-state index in [2.05, 4.69) is 0 Å². The summed E-state index contributed by atoms with van der Waals surface area (Å²) in [7, 11) is 0. The van der Waals surface area contributed by atoms with Crippen molar-refractivity contribution < 1.29 is 31.4 Å². The molecule has 1 fully saturated rings. The van der Waals surface area contributed by atoms with Gasteiger partial charge in [-0.05, 0) is 36.6 Å². The van der Waals surface area contributed by atoms with Crippen LogP contribution in [0.1, 0.15) is 29.5 Å². The summed E-state index contributed by atoms with van der Waals surface area (Å²) in [6, 6.07) is 1.08. The third-order valence-electron chi connectivity index (χ3n) is 2.70. The first-order valence-corrected chi connectivity index (χ1v) is 5.30. The maximum atomic E-state index is 12.6. The summed E-state index contributed by atoms with van der Waals surface area (Å²) in [6.45, 7) is 0. The predicted molar refractivity (Wildman–Crippen MR) is 55.2 cm³/mol. The van der Waals surface area contributed by atoms with Crippen molar-refractivity contribution in [2.75, 3.05) is 0 Å². The molecule has 1 aromatic rings. The number of alkyl halides is 6. The average molecular weight is 282 g/mol. The van der Waals surface area contributed by atoms with E-state index in [-0.39, 0.29) is 6.07 Å². The van der Waals surface area contributed by atoms with Crippen molar-refractivity contribution in [2.45, 2.75) is 25.2 Å². The first-order chi connectivity index (χ1) is 8.59. The summed E-state index contributed by atoms with van der Waals surface area (Å²) in [6.07, 6.45) is -8.82. The van der Waals surface area contributed by atoms with E-state index in [0.29, 0.717) is 30.5 Å². The highest BCUT2D eigenvalue weighted by atomic mass is 19.4. The normalized spacial score (nSPS) is 15.6. The second-order valence-electron chi connectivity index (χ2n) is 4.25. The van der Waals surface area contributed by atoms with Gasteiger partial charge in [-0.3, -0.25) is 0 Å². The van der Waals surface area contributed by atoms with Crippen molar-refractivity contribution in [1.82, 2.24) is 0 Å². The lowest BCUT2D eigenvalue weighted by molar-refractivity contribution is -0.143. The molecule has 19 heavy (non-hydrogen) atoms. The fourth-order valence-corrected chi connectivity index (χ4v) is 1.60. The smallest absolute Gasteiger partial charge is 0.416 e. The molecule has 7 heteroatoms. The lowest BCUT2D eigenvalue weighted by atomic mass is 10.0. The number of hydrogen-bond acceptors (Lipinski definition) is 1. The minimum absolute atomic E-state index is 0.0361. The summed E-state index contributed by atoms with van der Waals surface area (Å²) in [4.78, 5) is 0. The zero-order chi connectivity index (χ0) is 14.4. The Morgan fingerprint density at radius 3 is 1.58 bits per heavy atom. The van der Waals surface area contributed by atoms with Crippen LogP contribution in [0.5, 0.6) is 0 Å². The highest BCUT2D eigenvalue weighted by Gasteiger charge is 2.37. The molecule has 1 nitrogen and oxygen atoms in total. The van der Waals surface area contributed by atoms with E-state index in [0.717, 1.165) is 0 Å². The van der Waals surface area contributed by atoms with Crippen LogP contribution < -0.4 is 0 Å². The SMILES string of the molecule is OC(=C1CC1)c1cc(C(F)(F)F)cc(C(F)(F)F)c1. The summed E-state index contributed by atoms with van der Waals surface area (Å²) in [5.41, 5.74) is -2.84. The third-order valence-corrected chi connectivity index (χ3v) is 2.70. The fourth-order valence-electron chi connectivity index (χ4n) is 1.60. The van der Waals surface area contributed by atoms with Gasteiger partial charge in [0, 0.05) is 5.56 Å². The number of aliphatic hydroxyl groups is 1. The van der Waals surface area contributed by atoms with Crippen LogP contribution in [0.2, 0.25) is 0 Å². The zero-order valence-electron chi connectivity index (χ0n) is 9.36. The Labute approximate surface area is 104 Å². The number of allylic oxidation sites excluding steroid dienone is 1. The molecule has 1 N–H and O–H groups in total. The molecular formula is C12H8F6O. The van der Waals surface area contributed by atoms with Gasteiger partial charge in [-0.15, -0.1) is 0 Å². The summed E-state index contributed by atoms with van der Waals surface area (Å²) in [5, 5.41) is 9.59. The maximum Gasteiger partial charge on any atom is 0.416 e. The number of aliphatic hydroxyl groups excluding tert-OH is 1. The van der Waals surface area contributed by atoms with E-state index in [1.54, 1.807) is 0 Å². The molecule has 0 aliphatic heterocycles. The molecule has 1 aliphatic rings. The van der Waals surface area contributed by atoms with Crippen molar-refractivity contribution in [1.29, 1.82) is 0 Å². The minimum atomic E-state index is -4.90. The molecule has 1 saturated carbocycles. The van der Waals surface area contributed by atoms with Crippen LogP contribution in [0.3, 0.4) is 0 Å². The molecule has 0 atom stereocenters. The lowest BCUT2D eigenvalue weighted by Crippen LogP contribution is -2.11. The van der Waals surface area contributed by atoms with Gasteiger partial charge in [-0.25, -0.2) is 0 Å². The van der Waals surface area contributed by atoms with Crippen LogP contribution in [0.4, 0.5) is 26.3 Å². The van der Waals surface area contributed by atoms with Gasteiger partial charge in [0.15, 0.2) is 0 Å². The quantitative estimate of drug-likeness (QED) is 0.580. The lowest BCUT2D eigenvalue weighted by Gasteiger charge is -2.13. The van der Waals surface area contributed by atoms with Crippen LogP contribution >= 0.6 is 0 Å². The van der Waals surface area contributed by atoms with Gasteiger partial charge in [-0.1, -0.05) is 0 Å². The van der Waals surface area contributed by atoms with Crippen LogP contribution in [0.25, 0.3) is 5.76 Å². The van der Waals surface area contributed by atoms with Gasteiger partial charge in [0.2, 0.25) is 0 Å². The Balaban J connectivity index is 2.59. The molecular weight excluding hydrogens is 274 g/mol. The summed E-state index contributed by atoms with van der Waals surface area (Å²) in [5.74, 6) is -0.489. The largest absolute Gasteiger partial charge is 0.507 e. The van der Waals surface area contributed by atoms with Crippen molar-refractivity contribution >= 4 is 5.76 Å². The zero-order valence-corrected chi connectivity index (χ0v) is 9.36. The van der Waals surface area contributed by atoms with Crippen molar-refractivity contribution in [3.63, 3.8) is 0 Å². The number of benzene rings is 1. The van der Waals surface area contributed by atoms with Gasteiger partial charge in [0.1, 0.15) is 5.76 Å². The van der Waals surface area contributed by atoms with E-state index in [9.17, 15) is 31.4 Å². The topological polar surface area (TPSA) is 20.2 Å². The van der Waals surface area contributed by atoms with Gasteiger partial charge >= 0.3 is 12.4 Å². The third kappa shape index (κ3) is 3.02. The predicted octanol–water partition coefficient (Wildman–Crippen LogP) is 4.79. The first kappa shape index (κ1) is 13.8.